The van der Waals surface area contributed by atoms with Crippen LogP contribution in [-0.4, -0.2) is 76.2 Å². The fourth-order valence-corrected chi connectivity index (χ4v) is 5.78. The number of fused-ring (bicyclic) bond motifs is 2. The first-order chi connectivity index (χ1) is 22.7. The molecule has 0 unspecified atom stereocenters. The summed E-state index contributed by atoms with van der Waals surface area (Å²) < 4.78 is 47.1. The third-order valence-electron chi connectivity index (χ3n) is 8.54. The number of aromatic nitrogens is 1. The number of carbonyl (C=O) groups is 3. The monoisotopic (exact) mass is 665 g/mol. The van der Waals surface area contributed by atoms with E-state index in [0.717, 1.165) is 28.6 Å². The Morgan fingerprint density at radius 2 is 1.75 bits per heavy atom. The number of alkyl halides is 3. The molecule has 0 saturated heterocycles. The van der Waals surface area contributed by atoms with Crippen molar-refractivity contribution in [1.82, 2.24) is 14.4 Å². The van der Waals surface area contributed by atoms with E-state index in [1.807, 2.05) is 49.0 Å². The van der Waals surface area contributed by atoms with Gasteiger partial charge in [0, 0.05) is 55.0 Å². The lowest BCUT2D eigenvalue weighted by Crippen LogP contribution is -2.50. The number of halogens is 3. The average Bonchev–Trinajstić information content (AvgIpc) is 3.36. The molecule has 2 heterocycles. The van der Waals surface area contributed by atoms with Crippen LogP contribution in [0.2, 0.25) is 0 Å². The maximum atomic E-state index is 13.8. The molecule has 13 heteroatoms. The SMILES string of the molecule is C[C@H](CO)N1C[C@H](C)[C@H](CN(C)C(=O)Nc2ccc(C(F)(F)F)cc2)Oc2ccc(NC(=O)Cc3cn(C)c4ccccc34)cc2C1=O. The molecule has 10 nitrogen and oxygen atoms in total. The van der Waals surface area contributed by atoms with Gasteiger partial charge in [0.1, 0.15) is 11.9 Å². The molecule has 0 spiro atoms. The number of urea groups is 1. The second-order valence-electron chi connectivity index (χ2n) is 12.2. The Morgan fingerprint density at radius 1 is 1.06 bits per heavy atom. The Hall–Kier alpha value is -5.04. The standard InChI is InChI=1S/C35H38F3N5O5/c1-21-17-43(22(2)20-44)33(46)28-16-26(39-32(45)15-23-18-41(3)29-8-6-5-7-27(23)29)13-14-30(28)48-31(21)19-42(4)34(47)40-25-11-9-24(10-12-25)35(36,37)38/h5-14,16,18,21-22,31,44H,15,17,19-20H2,1-4H3,(H,39,45)(H,40,47)/t21-,22+,31-/m0/s1. The zero-order valence-corrected chi connectivity index (χ0v) is 27.0. The van der Waals surface area contributed by atoms with Gasteiger partial charge in [0.05, 0.1) is 36.7 Å². The Bertz CT molecular complexity index is 1810. The number of benzene rings is 3. The maximum Gasteiger partial charge on any atom is 0.416 e. The number of hydrogen-bond acceptors (Lipinski definition) is 5. The Kier molecular flexibility index (Phi) is 9.99. The molecule has 0 fully saturated rings. The molecule has 4 amide bonds. The molecule has 3 atom stereocenters. The first kappa shape index (κ1) is 34.3. The molecule has 0 bridgehead atoms. The maximum absolute atomic E-state index is 13.8. The van der Waals surface area contributed by atoms with Crippen molar-refractivity contribution >= 4 is 40.1 Å². The van der Waals surface area contributed by atoms with E-state index in [1.54, 1.807) is 30.0 Å². The number of ether oxygens (including phenoxy) is 1. The highest BCUT2D eigenvalue weighted by atomic mass is 19.4. The number of carbonyl (C=O) groups excluding carboxylic acids is 3. The Morgan fingerprint density at radius 3 is 2.44 bits per heavy atom. The van der Waals surface area contributed by atoms with Crippen molar-refractivity contribution < 1.29 is 37.4 Å². The summed E-state index contributed by atoms with van der Waals surface area (Å²) in [5.74, 6) is -0.693. The number of aliphatic hydroxyl groups is 1. The highest BCUT2D eigenvalue weighted by Gasteiger charge is 2.34. The van der Waals surface area contributed by atoms with Crippen LogP contribution in [0.25, 0.3) is 10.9 Å². The number of anilines is 2. The van der Waals surface area contributed by atoms with Gasteiger partial charge >= 0.3 is 12.2 Å². The number of likely N-dealkylation sites (N-methyl/N-ethyl adjacent to an activating group) is 1. The van der Waals surface area contributed by atoms with E-state index in [0.29, 0.717) is 5.69 Å². The molecule has 1 aliphatic heterocycles. The van der Waals surface area contributed by atoms with E-state index >= 15 is 0 Å². The van der Waals surface area contributed by atoms with Crippen molar-refractivity contribution in [2.24, 2.45) is 13.0 Å². The molecule has 1 aromatic heterocycles. The van der Waals surface area contributed by atoms with E-state index < -0.39 is 29.9 Å². The molecule has 3 N–H and O–H groups in total. The molecule has 3 aromatic carbocycles. The number of rotatable bonds is 8. The normalized spacial score (nSPS) is 17.2. The first-order valence-electron chi connectivity index (χ1n) is 15.5. The molecule has 48 heavy (non-hydrogen) atoms. The third kappa shape index (κ3) is 7.57. The molecule has 0 saturated carbocycles. The smallest absolute Gasteiger partial charge is 0.416 e. The molecule has 4 aromatic rings. The van der Waals surface area contributed by atoms with Gasteiger partial charge in [0.2, 0.25) is 5.91 Å². The predicted molar refractivity (Wildman–Crippen MR) is 176 cm³/mol. The van der Waals surface area contributed by atoms with Crippen LogP contribution < -0.4 is 15.4 Å². The summed E-state index contributed by atoms with van der Waals surface area (Å²) in [5.41, 5.74) is 1.82. The minimum Gasteiger partial charge on any atom is -0.487 e. The Labute approximate surface area is 276 Å². The average molecular weight is 666 g/mol. The lowest BCUT2D eigenvalue weighted by Gasteiger charge is -2.38. The van der Waals surface area contributed by atoms with Crippen molar-refractivity contribution in [2.45, 2.75) is 38.6 Å². The summed E-state index contributed by atoms with van der Waals surface area (Å²) in [6.07, 6.45) is -3.07. The third-order valence-corrected chi connectivity index (χ3v) is 8.54. The van der Waals surface area contributed by atoms with E-state index in [2.05, 4.69) is 10.6 Å². The van der Waals surface area contributed by atoms with Crippen LogP contribution in [0.5, 0.6) is 5.75 Å². The Balaban J connectivity index is 1.34. The highest BCUT2D eigenvalue weighted by molar-refractivity contribution is 6.01. The molecule has 0 aliphatic carbocycles. The number of hydrogen-bond donors (Lipinski definition) is 3. The lowest BCUT2D eigenvalue weighted by molar-refractivity contribution is -0.137. The lowest BCUT2D eigenvalue weighted by atomic mass is 9.99. The number of nitrogens with one attached hydrogen (secondary N) is 2. The van der Waals surface area contributed by atoms with E-state index in [1.165, 1.54) is 24.1 Å². The van der Waals surface area contributed by atoms with Crippen LogP contribution in [0.1, 0.15) is 35.3 Å². The summed E-state index contributed by atoms with van der Waals surface area (Å²) in [4.78, 5) is 42.8. The summed E-state index contributed by atoms with van der Waals surface area (Å²) in [6, 6.07) is 15.6. The summed E-state index contributed by atoms with van der Waals surface area (Å²) in [7, 11) is 3.45. The minimum atomic E-state index is -4.49. The zero-order chi connectivity index (χ0) is 34.7. The van der Waals surface area contributed by atoms with E-state index in [4.69, 9.17) is 4.74 Å². The number of para-hydroxylation sites is 1. The van der Waals surface area contributed by atoms with Gasteiger partial charge in [-0.25, -0.2) is 4.79 Å². The van der Waals surface area contributed by atoms with Gasteiger partial charge in [-0.05, 0) is 61.0 Å². The van der Waals surface area contributed by atoms with Gasteiger partial charge in [0.15, 0.2) is 0 Å². The molecular formula is C35H38F3N5O5. The van der Waals surface area contributed by atoms with Gasteiger partial charge in [-0.1, -0.05) is 25.1 Å². The van der Waals surface area contributed by atoms with Crippen molar-refractivity contribution in [2.75, 3.05) is 37.4 Å². The summed E-state index contributed by atoms with van der Waals surface area (Å²) >= 11 is 0. The largest absolute Gasteiger partial charge is 0.487 e. The summed E-state index contributed by atoms with van der Waals surface area (Å²) in [6.45, 7) is 3.59. The molecule has 0 radical (unpaired) electrons. The van der Waals surface area contributed by atoms with Crippen molar-refractivity contribution in [3.05, 3.63) is 89.6 Å². The zero-order valence-electron chi connectivity index (χ0n) is 27.0. The number of nitrogens with zero attached hydrogens (tertiary/aromatic N) is 3. The second kappa shape index (κ2) is 14.0. The fourth-order valence-electron chi connectivity index (χ4n) is 5.78. The second-order valence-corrected chi connectivity index (χ2v) is 12.2. The van der Waals surface area contributed by atoms with Gasteiger partial charge in [-0.3, -0.25) is 9.59 Å². The number of aryl methyl sites for hydroxylation is 1. The highest BCUT2D eigenvalue weighted by Crippen LogP contribution is 2.32. The molecule has 1 aliphatic rings. The van der Waals surface area contributed by atoms with E-state index in [-0.39, 0.29) is 60.8 Å². The fraction of sp³-hybridized carbons (Fsp3) is 0.343. The minimum absolute atomic E-state index is 0.0755. The van der Waals surface area contributed by atoms with Crippen LogP contribution in [0.4, 0.5) is 29.3 Å². The molecule has 254 valence electrons. The first-order valence-corrected chi connectivity index (χ1v) is 15.5. The predicted octanol–water partition coefficient (Wildman–Crippen LogP) is 5.76. The van der Waals surface area contributed by atoms with Crippen molar-refractivity contribution in [1.29, 1.82) is 0 Å². The number of aliphatic hydroxyl groups excluding tert-OH is 1. The quantitative estimate of drug-likeness (QED) is 0.221. The van der Waals surface area contributed by atoms with Gasteiger partial charge < -0.3 is 34.8 Å². The van der Waals surface area contributed by atoms with Gasteiger partial charge in [-0.2, -0.15) is 13.2 Å². The molecular weight excluding hydrogens is 627 g/mol. The van der Waals surface area contributed by atoms with E-state index in [9.17, 15) is 32.7 Å². The van der Waals surface area contributed by atoms with Gasteiger partial charge in [-0.15, -0.1) is 0 Å². The van der Waals surface area contributed by atoms with Crippen LogP contribution in [-0.2, 0) is 24.4 Å². The summed E-state index contributed by atoms with van der Waals surface area (Å²) in [5, 5.41) is 16.4. The molecule has 5 rings (SSSR count). The topological polar surface area (TPSA) is 116 Å². The van der Waals surface area contributed by atoms with Crippen LogP contribution in [0.15, 0.2) is 72.9 Å². The van der Waals surface area contributed by atoms with Crippen LogP contribution >= 0.6 is 0 Å². The van der Waals surface area contributed by atoms with Crippen molar-refractivity contribution in [3.8, 4) is 5.75 Å². The van der Waals surface area contributed by atoms with Crippen LogP contribution in [0, 0.1) is 5.92 Å². The van der Waals surface area contributed by atoms with Crippen LogP contribution in [0.3, 0.4) is 0 Å². The number of amides is 4. The van der Waals surface area contributed by atoms with Crippen molar-refractivity contribution in [3.63, 3.8) is 0 Å². The van der Waals surface area contributed by atoms with Gasteiger partial charge in [0.25, 0.3) is 5.91 Å².